The highest BCUT2D eigenvalue weighted by Gasteiger charge is 2.33. The molecule has 1 aliphatic rings. The Morgan fingerprint density at radius 2 is 2.20 bits per heavy atom. The number of sulfonamides is 1. The van der Waals surface area contributed by atoms with Gasteiger partial charge in [-0.1, -0.05) is 58.4 Å². The zero-order valence-corrected chi connectivity index (χ0v) is 19.8. The Morgan fingerprint density at radius 1 is 1.40 bits per heavy atom. The van der Waals surface area contributed by atoms with Crippen LogP contribution in [0.1, 0.15) is 18.4 Å². The number of piperidine rings is 1. The van der Waals surface area contributed by atoms with Crippen LogP contribution in [0.2, 0.25) is 10.0 Å². The number of thioether (sulfide) groups is 1. The summed E-state index contributed by atoms with van der Waals surface area (Å²) < 4.78 is 27.9. The predicted molar refractivity (Wildman–Crippen MR) is 123 cm³/mol. The quantitative estimate of drug-likeness (QED) is 0.325. The smallest absolute Gasteiger partial charge is 0.230 e. The lowest BCUT2D eigenvalue weighted by Crippen LogP contribution is -2.44. The summed E-state index contributed by atoms with van der Waals surface area (Å²) in [6.07, 6.45) is 2.97. The second-order valence-corrected chi connectivity index (χ2v) is 11.7. The third-order valence-electron chi connectivity index (χ3n) is 4.46. The number of hydrogen-bond donors (Lipinski definition) is 1. The predicted octanol–water partition coefficient (Wildman–Crippen LogP) is 4.30. The van der Waals surface area contributed by atoms with E-state index in [1.54, 1.807) is 18.2 Å². The molecule has 1 amide bonds. The Bertz CT molecular complexity index is 1030. The monoisotopic (exact) mass is 506 g/mol. The molecule has 2 aromatic rings. The Balaban J connectivity index is 1.62. The number of rotatable bonds is 8. The molecule has 1 N–H and O–H groups in total. The lowest BCUT2D eigenvalue weighted by Gasteiger charge is -2.31. The molecule has 1 atom stereocenters. The Kier molecular flexibility index (Phi) is 8.17. The lowest BCUT2D eigenvalue weighted by molar-refractivity contribution is -0.120. The average molecular weight is 507 g/mol. The first kappa shape index (κ1) is 23.5. The van der Waals surface area contributed by atoms with E-state index in [1.807, 2.05) is 0 Å². The van der Waals surface area contributed by atoms with Crippen LogP contribution in [0.15, 0.2) is 35.2 Å². The maximum Gasteiger partial charge on any atom is 0.230 e. The summed E-state index contributed by atoms with van der Waals surface area (Å²) in [7, 11) is -3.63. The summed E-state index contributed by atoms with van der Waals surface area (Å²) in [6, 6.07) is 4.73. The molecular weight excluding hydrogens is 487 g/mol. The Morgan fingerprint density at radius 3 is 2.93 bits per heavy atom. The van der Waals surface area contributed by atoms with Crippen LogP contribution in [0.4, 0.5) is 5.13 Å². The molecule has 162 valence electrons. The minimum Gasteiger partial charge on any atom is -0.300 e. The van der Waals surface area contributed by atoms with Crippen LogP contribution in [0, 0.1) is 5.92 Å². The van der Waals surface area contributed by atoms with E-state index in [9.17, 15) is 13.2 Å². The number of hydrogen-bond acceptors (Lipinski definition) is 7. The number of aromatic nitrogens is 2. The first-order chi connectivity index (χ1) is 14.3. The molecule has 0 saturated carbocycles. The molecule has 0 aliphatic carbocycles. The number of benzene rings is 1. The van der Waals surface area contributed by atoms with Crippen LogP contribution in [0.5, 0.6) is 0 Å². The van der Waals surface area contributed by atoms with Crippen LogP contribution in [0.3, 0.4) is 0 Å². The van der Waals surface area contributed by atoms with Gasteiger partial charge in [0.25, 0.3) is 0 Å². The van der Waals surface area contributed by atoms with Crippen LogP contribution >= 0.6 is 46.3 Å². The number of carbonyl (C=O) groups excluding carboxylic acids is 1. The summed E-state index contributed by atoms with van der Waals surface area (Å²) in [5.41, 5.74) is 0.478. The van der Waals surface area contributed by atoms with Gasteiger partial charge in [-0.15, -0.1) is 16.8 Å². The minimum absolute atomic E-state index is 0.121. The maximum atomic E-state index is 12.9. The second-order valence-electron chi connectivity index (χ2n) is 6.65. The molecule has 1 aromatic heterocycles. The fourth-order valence-electron chi connectivity index (χ4n) is 2.99. The SMILES string of the molecule is C=CCSc1nnc(NC(=O)[C@H]2CCCN(S(=O)(=O)Cc3ccc(Cl)cc3Cl)C2)s1. The van der Waals surface area contributed by atoms with Crippen molar-refractivity contribution in [2.45, 2.75) is 22.9 Å². The zero-order chi connectivity index (χ0) is 21.7. The lowest BCUT2D eigenvalue weighted by atomic mass is 9.99. The van der Waals surface area contributed by atoms with Crippen molar-refractivity contribution >= 4 is 67.4 Å². The van der Waals surface area contributed by atoms with Gasteiger partial charge in [0, 0.05) is 28.9 Å². The molecule has 0 radical (unpaired) electrons. The number of amides is 1. The van der Waals surface area contributed by atoms with Crippen molar-refractivity contribution < 1.29 is 13.2 Å². The Labute approximate surface area is 193 Å². The van der Waals surface area contributed by atoms with E-state index < -0.39 is 15.9 Å². The fraction of sp³-hybridized carbons (Fsp3) is 0.389. The highest BCUT2D eigenvalue weighted by Crippen LogP contribution is 2.28. The molecule has 7 nitrogen and oxygen atoms in total. The van der Waals surface area contributed by atoms with E-state index in [-0.39, 0.29) is 18.2 Å². The number of nitrogens with zero attached hydrogens (tertiary/aromatic N) is 3. The molecule has 12 heteroatoms. The third-order valence-corrected chi connectivity index (χ3v) is 8.81. The summed E-state index contributed by atoms with van der Waals surface area (Å²) in [5.74, 6) is -0.244. The molecule has 1 saturated heterocycles. The largest absolute Gasteiger partial charge is 0.300 e. The molecule has 2 heterocycles. The van der Waals surface area contributed by atoms with E-state index >= 15 is 0 Å². The van der Waals surface area contributed by atoms with Crippen LogP contribution in [-0.4, -0.2) is 47.7 Å². The first-order valence-corrected chi connectivity index (χ1v) is 13.2. The van der Waals surface area contributed by atoms with Gasteiger partial charge >= 0.3 is 0 Å². The van der Waals surface area contributed by atoms with Crippen LogP contribution in [-0.2, 0) is 20.6 Å². The number of carbonyl (C=O) groups is 1. The van der Waals surface area contributed by atoms with Crippen LogP contribution < -0.4 is 5.32 Å². The topological polar surface area (TPSA) is 92.3 Å². The zero-order valence-electron chi connectivity index (χ0n) is 15.9. The van der Waals surface area contributed by atoms with E-state index in [0.29, 0.717) is 45.9 Å². The Hall–Kier alpha value is -1.17. The van der Waals surface area contributed by atoms with Gasteiger partial charge in [-0.2, -0.15) is 0 Å². The molecule has 30 heavy (non-hydrogen) atoms. The average Bonchev–Trinajstić information content (AvgIpc) is 3.16. The molecule has 1 aromatic carbocycles. The van der Waals surface area contributed by atoms with E-state index in [1.165, 1.54) is 33.5 Å². The second kappa shape index (κ2) is 10.4. The van der Waals surface area contributed by atoms with E-state index in [0.717, 1.165) is 4.34 Å². The fourth-order valence-corrected chi connectivity index (χ4v) is 6.70. The molecule has 1 aliphatic heterocycles. The summed E-state index contributed by atoms with van der Waals surface area (Å²) in [5, 5.41) is 11.9. The number of anilines is 1. The molecular formula is C18H20Cl2N4O3S3. The van der Waals surface area contributed by atoms with Crippen molar-refractivity contribution in [2.75, 3.05) is 24.2 Å². The van der Waals surface area contributed by atoms with Gasteiger partial charge in [-0.3, -0.25) is 4.79 Å². The first-order valence-electron chi connectivity index (χ1n) is 9.08. The highest BCUT2D eigenvalue weighted by atomic mass is 35.5. The van der Waals surface area contributed by atoms with Gasteiger partial charge < -0.3 is 5.32 Å². The van der Waals surface area contributed by atoms with E-state index in [2.05, 4.69) is 22.1 Å². The van der Waals surface area contributed by atoms with Crippen molar-refractivity contribution in [3.63, 3.8) is 0 Å². The van der Waals surface area contributed by atoms with Gasteiger partial charge in [0.05, 0.1) is 11.7 Å². The highest BCUT2D eigenvalue weighted by molar-refractivity contribution is 8.01. The summed E-state index contributed by atoms with van der Waals surface area (Å²) >= 11 is 14.8. The normalized spacial score (nSPS) is 17.6. The number of halogens is 2. The van der Waals surface area contributed by atoms with Gasteiger partial charge in [0.15, 0.2) is 4.34 Å². The van der Waals surface area contributed by atoms with Crippen molar-refractivity contribution in [1.82, 2.24) is 14.5 Å². The van der Waals surface area contributed by atoms with Crippen molar-refractivity contribution in [3.8, 4) is 0 Å². The van der Waals surface area contributed by atoms with Gasteiger partial charge in [0.1, 0.15) is 0 Å². The minimum atomic E-state index is -3.63. The molecule has 3 rings (SSSR count). The van der Waals surface area contributed by atoms with Gasteiger partial charge in [0.2, 0.25) is 21.1 Å². The van der Waals surface area contributed by atoms with Crippen molar-refractivity contribution in [3.05, 3.63) is 46.5 Å². The van der Waals surface area contributed by atoms with Crippen LogP contribution in [0.25, 0.3) is 0 Å². The third kappa shape index (κ3) is 6.18. The number of nitrogens with one attached hydrogen (secondary N) is 1. The van der Waals surface area contributed by atoms with Gasteiger partial charge in [-0.25, -0.2) is 12.7 Å². The maximum absolute atomic E-state index is 12.9. The molecule has 1 fully saturated rings. The standard InChI is InChI=1S/C18H20Cl2N4O3S3/c1-2-8-28-18-23-22-17(29-18)21-16(25)12-4-3-7-24(10-12)30(26,27)11-13-5-6-14(19)9-15(13)20/h2,5-6,9,12H,1,3-4,7-8,10-11H2,(H,21,22,25)/t12-/m0/s1. The molecule has 0 spiro atoms. The van der Waals surface area contributed by atoms with Gasteiger partial charge in [-0.05, 0) is 30.5 Å². The molecule has 0 unspecified atom stereocenters. The summed E-state index contributed by atoms with van der Waals surface area (Å²) in [4.78, 5) is 12.7. The van der Waals surface area contributed by atoms with E-state index in [4.69, 9.17) is 23.2 Å². The molecule has 0 bridgehead atoms. The summed E-state index contributed by atoms with van der Waals surface area (Å²) in [6.45, 7) is 4.15. The van der Waals surface area contributed by atoms with Crippen molar-refractivity contribution in [2.24, 2.45) is 5.92 Å². The van der Waals surface area contributed by atoms with Crippen molar-refractivity contribution in [1.29, 1.82) is 0 Å².